The Labute approximate surface area is 130 Å². The van der Waals surface area contributed by atoms with Gasteiger partial charge in [0, 0.05) is 22.4 Å². The van der Waals surface area contributed by atoms with Crippen LogP contribution in [-0.4, -0.2) is 23.8 Å². The monoisotopic (exact) mass is 314 g/mol. The number of halogens is 1. The third kappa shape index (κ3) is 1.75. The third-order valence-corrected chi connectivity index (χ3v) is 4.37. The second-order valence-corrected chi connectivity index (χ2v) is 5.91. The maximum atomic E-state index is 12.7. The largest absolute Gasteiger partial charge is 0.295 e. The molecule has 0 bridgehead atoms. The quantitative estimate of drug-likeness (QED) is 0.821. The van der Waals surface area contributed by atoms with E-state index in [0.29, 0.717) is 22.7 Å². The molecule has 2 aliphatic heterocycles. The molecule has 0 aliphatic carbocycles. The number of amides is 3. The minimum atomic E-state index is -0.681. The van der Waals surface area contributed by atoms with Gasteiger partial charge in [0.25, 0.3) is 5.91 Å². The standard InChI is InChI=1S/C16H11ClN2O3/c17-9-6-8-2-1-3-10-14(8)12(7-9)19(16(10)22)11-4-5-13(20)18-15(11)21/h1-3,6-7,11H,4-5H2,(H,18,20,21). The van der Waals surface area contributed by atoms with Gasteiger partial charge in [0.15, 0.2) is 0 Å². The number of nitrogens with zero attached hydrogens (tertiary/aromatic N) is 1. The first-order chi connectivity index (χ1) is 10.6. The van der Waals surface area contributed by atoms with Crippen molar-refractivity contribution in [2.45, 2.75) is 18.9 Å². The van der Waals surface area contributed by atoms with E-state index in [1.54, 1.807) is 24.3 Å². The molecule has 4 rings (SSSR count). The Bertz CT molecular complexity index is 862. The third-order valence-electron chi connectivity index (χ3n) is 4.15. The average molecular weight is 315 g/mol. The number of carbonyl (C=O) groups is 3. The Morgan fingerprint density at radius 1 is 1.18 bits per heavy atom. The molecule has 110 valence electrons. The molecule has 1 atom stereocenters. The Morgan fingerprint density at radius 3 is 2.77 bits per heavy atom. The molecular formula is C16H11ClN2O3. The highest BCUT2D eigenvalue weighted by atomic mass is 35.5. The fourth-order valence-electron chi connectivity index (χ4n) is 3.21. The van der Waals surface area contributed by atoms with Gasteiger partial charge in [0.05, 0.1) is 5.69 Å². The van der Waals surface area contributed by atoms with E-state index in [2.05, 4.69) is 5.32 Å². The first kappa shape index (κ1) is 13.3. The SMILES string of the molecule is O=C1CCC(N2C(=O)c3cccc4cc(Cl)cc2c34)C(=O)N1. The van der Waals surface area contributed by atoms with Gasteiger partial charge in [0.2, 0.25) is 11.8 Å². The Kier molecular flexibility index (Phi) is 2.74. The highest BCUT2D eigenvalue weighted by Gasteiger charge is 2.40. The van der Waals surface area contributed by atoms with Crippen LogP contribution in [-0.2, 0) is 9.59 Å². The van der Waals surface area contributed by atoms with Crippen LogP contribution in [0.1, 0.15) is 23.2 Å². The highest BCUT2D eigenvalue weighted by molar-refractivity contribution is 6.34. The first-order valence-electron chi connectivity index (χ1n) is 6.96. The van der Waals surface area contributed by atoms with Crippen LogP contribution in [0.3, 0.4) is 0 Å². The summed E-state index contributed by atoms with van der Waals surface area (Å²) in [5.74, 6) is -0.968. The van der Waals surface area contributed by atoms with Gasteiger partial charge in [-0.3, -0.25) is 24.6 Å². The minimum Gasteiger partial charge on any atom is -0.295 e. The second-order valence-electron chi connectivity index (χ2n) is 5.47. The van der Waals surface area contributed by atoms with Crippen molar-refractivity contribution in [3.63, 3.8) is 0 Å². The predicted molar refractivity (Wildman–Crippen MR) is 81.9 cm³/mol. The van der Waals surface area contributed by atoms with Gasteiger partial charge in [-0.1, -0.05) is 23.7 Å². The van der Waals surface area contributed by atoms with Gasteiger partial charge in [-0.05, 0) is 30.0 Å². The van der Waals surface area contributed by atoms with Crippen LogP contribution in [0, 0.1) is 0 Å². The number of benzene rings is 2. The summed E-state index contributed by atoms with van der Waals surface area (Å²) < 4.78 is 0. The number of anilines is 1. The van der Waals surface area contributed by atoms with Crippen LogP contribution in [0.4, 0.5) is 5.69 Å². The van der Waals surface area contributed by atoms with Crippen molar-refractivity contribution >= 4 is 45.8 Å². The van der Waals surface area contributed by atoms with Crippen LogP contribution in [0.5, 0.6) is 0 Å². The molecule has 5 nitrogen and oxygen atoms in total. The van der Waals surface area contributed by atoms with Gasteiger partial charge in [-0.2, -0.15) is 0 Å². The van der Waals surface area contributed by atoms with Crippen molar-refractivity contribution in [3.8, 4) is 0 Å². The fraction of sp³-hybridized carbons (Fsp3) is 0.188. The first-order valence-corrected chi connectivity index (χ1v) is 7.33. The van der Waals surface area contributed by atoms with E-state index in [0.717, 1.165) is 10.8 Å². The lowest BCUT2D eigenvalue weighted by Gasteiger charge is -2.30. The zero-order chi connectivity index (χ0) is 15.4. The summed E-state index contributed by atoms with van der Waals surface area (Å²) in [4.78, 5) is 37.7. The minimum absolute atomic E-state index is 0.222. The molecule has 1 unspecified atom stereocenters. The summed E-state index contributed by atoms with van der Waals surface area (Å²) in [5.41, 5.74) is 1.20. The van der Waals surface area contributed by atoms with Crippen molar-refractivity contribution in [3.05, 3.63) is 40.9 Å². The Balaban J connectivity index is 1.89. The molecule has 2 aliphatic rings. The van der Waals surface area contributed by atoms with Crippen LogP contribution in [0.2, 0.25) is 5.02 Å². The summed E-state index contributed by atoms with van der Waals surface area (Å²) in [6.07, 6.45) is 0.540. The lowest BCUT2D eigenvalue weighted by atomic mass is 10.0. The molecule has 0 spiro atoms. The van der Waals surface area contributed by atoms with Crippen molar-refractivity contribution in [1.29, 1.82) is 0 Å². The normalized spacial score (nSPS) is 20.7. The molecule has 0 aromatic heterocycles. The van der Waals surface area contributed by atoms with Gasteiger partial charge in [-0.25, -0.2) is 0 Å². The van der Waals surface area contributed by atoms with Crippen molar-refractivity contribution in [2.75, 3.05) is 4.90 Å². The molecule has 0 saturated carbocycles. The summed E-state index contributed by atoms with van der Waals surface area (Å²) in [5, 5.41) is 4.47. The second kappa shape index (κ2) is 4.55. The van der Waals surface area contributed by atoms with Crippen molar-refractivity contribution in [1.82, 2.24) is 5.32 Å². The van der Waals surface area contributed by atoms with Gasteiger partial charge >= 0.3 is 0 Å². The molecule has 0 radical (unpaired) electrons. The molecule has 2 aromatic carbocycles. The van der Waals surface area contributed by atoms with Crippen molar-refractivity contribution < 1.29 is 14.4 Å². The van der Waals surface area contributed by atoms with Crippen molar-refractivity contribution in [2.24, 2.45) is 0 Å². The molecular weight excluding hydrogens is 304 g/mol. The molecule has 22 heavy (non-hydrogen) atoms. The highest BCUT2D eigenvalue weighted by Crippen LogP contribution is 2.41. The lowest BCUT2D eigenvalue weighted by Crippen LogP contribution is -2.53. The Morgan fingerprint density at radius 2 is 2.00 bits per heavy atom. The molecule has 6 heteroatoms. The van der Waals surface area contributed by atoms with Crippen LogP contribution < -0.4 is 10.2 Å². The predicted octanol–water partition coefficient (Wildman–Crippen LogP) is 2.26. The Hall–Kier alpha value is -2.40. The molecule has 1 N–H and O–H groups in total. The number of piperidine rings is 1. The zero-order valence-corrected chi connectivity index (χ0v) is 12.2. The molecule has 2 aromatic rings. The van der Waals surface area contributed by atoms with E-state index in [9.17, 15) is 14.4 Å². The van der Waals surface area contributed by atoms with E-state index in [1.807, 2.05) is 6.07 Å². The number of rotatable bonds is 1. The molecule has 1 saturated heterocycles. The maximum absolute atomic E-state index is 12.7. The number of carbonyl (C=O) groups excluding carboxylic acids is 3. The summed E-state index contributed by atoms with van der Waals surface area (Å²) in [7, 11) is 0. The number of nitrogens with one attached hydrogen (secondary N) is 1. The summed E-state index contributed by atoms with van der Waals surface area (Å²) >= 11 is 6.14. The van der Waals surface area contributed by atoms with E-state index in [4.69, 9.17) is 11.6 Å². The van der Waals surface area contributed by atoms with E-state index >= 15 is 0 Å². The smallest absolute Gasteiger partial charge is 0.259 e. The summed E-state index contributed by atoms with van der Waals surface area (Å²) in [6.45, 7) is 0. The molecule has 1 fully saturated rings. The lowest BCUT2D eigenvalue weighted by molar-refractivity contribution is -0.134. The maximum Gasteiger partial charge on any atom is 0.259 e. The van der Waals surface area contributed by atoms with E-state index < -0.39 is 11.9 Å². The topological polar surface area (TPSA) is 66.5 Å². The molecule has 2 heterocycles. The number of hydrogen-bond donors (Lipinski definition) is 1. The average Bonchev–Trinajstić information content (AvgIpc) is 2.74. The van der Waals surface area contributed by atoms with Crippen LogP contribution in [0.25, 0.3) is 10.8 Å². The number of hydrogen-bond acceptors (Lipinski definition) is 3. The molecule has 3 amide bonds. The van der Waals surface area contributed by atoms with E-state index in [1.165, 1.54) is 4.90 Å². The van der Waals surface area contributed by atoms with Crippen LogP contribution in [0.15, 0.2) is 30.3 Å². The van der Waals surface area contributed by atoms with Crippen LogP contribution >= 0.6 is 11.6 Å². The number of imide groups is 1. The van der Waals surface area contributed by atoms with Gasteiger partial charge < -0.3 is 0 Å². The van der Waals surface area contributed by atoms with Gasteiger partial charge in [0.1, 0.15) is 6.04 Å². The van der Waals surface area contributed by atoms with E-state index in [-0.39, 0.29) is 18.2 Å². The fourth-order valence-corrected chi connectivity index (χ4v) is 3.44. The summed E-state index contributed by atoms with van der Waals surface area (Å²) in [6, 6.07) is 8.24. The van der Waals surface area contributed by atoms with Gasteiger partial charge in [-0.15, -0.1) is 0 Å². The zero-order valence-electron chi connectivity index (χ0n) is 11.4.